The molecule has 0 spiro atoms. The number of amides is 1. The van der Waals surface area contributed by atoms with Crippen LogP contribution in [0, 0.1) is 13.8 Å². The number of ether oxygens (including phenoxy) is 1. The van der Waals surface area contributed by atoms with Gasteiger partial charge in [-0.2, -0.15) is 0 Å². The Morgan fingerprint density at radius 3 is 2.64 bits per heavy atom. The zero-order valence-electron chi connectivity index (χ0n) is 19.5. The molecule has 1 fully saturated rings. The Morgan fingerprint density at radius 2 is 2.03 bits per heavy atom. The van der Waals surface area contributed by atoms with E-state index in [1.54, 1.807) is 13.3 Å². The van der Waals surface area contributed by atoms with Gasteiger partial charge in [-0.15, -0.1) is 0 Å². The first-order valence-corrected chi connectivity index (χ1v) is 11.4. The van der Waals surface area contributed by atoms with Crippen LogP contribution in [0.15, 0.2) is 48.7 Å². The lowest BCUT2D eigenvalue weighted by Gasteiger charge is -2.29. The van der Waals surface area contributed by atoms with Crippen LogP contribution in [0.3, 0.4) is 0 Å². The lowest BCUT2D eigenvalue weighted by Crippen LogP contribution is -2.29. The summed E-state index contributed by atoms with van der Waals surface area (Å²) >= 11 is 5.84. The number of anilines is 2. The fourth-order valence-corrected chi connectivity index (χ4v) is 5.04. The van der Waals surface area contributed by atoms with E-state index in [0.717, 1.165) is 17.9 Å². The van der Waals surface area contributed by atoms with Gasteiger partial charge in [0.15, 0.2) is 5.11 Å². The monoisotopic (exact) mass is 463 g/mol. The quantitative estimate of drug-likeness (QED) is 0.518. The van der Waals surface area contributed by atoms with Gasteiger partial charge in [0.25, 0.3) is 0 Å². The summed E-state index contributed by atoms with van der Waals surface area (Å²) in [6.45, 7) is 8.80. The second kappa shape index (κ2) is 9.23. The summed E-state index contributed by atoms with van der Waals surface area (Å²) in [5.41, 5.74) is 5.98. The number of carbonyl (C=O) groups excluding carboxylic acids is 1. The maximum absolute atomic E-state index is 11.8. The van der Waals surface area contributed by atoms with E-state index < -0.39 is 0 Å². The number of thiocarbonyl (C=S) groups is 1. The standard InChI is InChI=1S/C25H29N5O2S/c1-6-29-15(2)13-19(16(29)3)24-23(20-9-7-8-12-26-20)28-25(33)30(24)18-10-11-22(32-5)21(14-18)27-17(4)31/h7-14,23-24H,6H2,1-5H3,(H,27,31)(H,28,33). The number of hydrogen-bond acceptors (Lipinski definition) is 4. The zero-order valence-corrected chi connectivity index (χ0v) is 20.4. The number of hydrogen-bond donors (Lipinski definition) is 2. The lowest BCUT2D eigenvalue weighted by atomic mass is 9.96. The fraction of sp³-hybridized carbons (Fsp3) is 0.320. The smallest absolute Gasteiger partial charge is 0.221 e. The second-order valence-electron chi connectivity index (χ2n) is 8.13. The van der Waals surface area contributed by atoms with E-state index >= 15 is 0 Å². The molecule has 2 aromatic heterocycles. The number of benzene rings is 1. The van der Waals surface area contributed by atoms with Crippen molar-refractivity contribution in [1.82, 2.24) is 14.9 Å². The van der Waals surface area contributed by atoms with Gasteiger partial charge in [-0.25, -0.2) is 0 Å². The van der Waals surface area contributed by atoms with Gasteiger partial charge in [-0.3, -0.25) is 9.78 Å². The fourth-order valence-electron chi connectivity index (χ4n) is 4.70. The number of carbonyl (C=O) groups is 1. The molecule has 1 amide bonds. The first kappa shape index (κ1) is 22.8. The van der Waals surface area contributed by atoms with E-state index in [2.05, 4.69) is 51.9 Å². The molecule has 172 valence electrons. The number of pyridine rings is 1. The van der Waals surface area contributed by atoms with Crippen molar-refractivity contribution >= 4 is 34.6 Å². The molecular weight excluding hydrogens is 434 g/mol. The zero-order chi connectivity index (χ0) is 23.7. The molecule has 0 aliphatic carbocycles. The van der Waals surface area contributed by atoms with Gasteiger partial charge in [-0.1, -0.05) is 6.07 Å². The third-order valence-electron chi connectivity index (χ3n) is 6.12. The molecule has 2 N–H and O–H groups in total. The molecule has 1 saturated heterocycles. The van der Waals surface area contributed by atoms with Gasteiger partial charge in [0.05, 0.1) is 30.6 Å². The van der Waals surface area contributed by atoms with Crippen LogP contribution in [-0.4, -0.2) is 27.7 Å². The number of nitrogens with zero attached hydrogens (tertiary/aromatic N) is 3. The van der Waals surface area contributed by atoms with Crippen LogP contribution in [-0.2, 0) is 11.3 Å². The number of aromatic nitrogens is 2. The molecule has 3 aromatic rings. The molecule has 7 nitrogen and oxygen atoms in total. The average Bonchev–Trinajstić information content (AvgIpc) is 3.28. The highest BCUT2D eigenvalue weighted by Crippen LogP contribution is 2.44. The van der Waals surface area contributed by atoms with Crippen molar-refractivity contribution in [3.63, 3.8) is 0 Å². The Morgan fingerprint density at radius 1 is 1.24 bits per heavy atom. The molecule has 1 aliphatic rings. The van der Waals surface area contributed by atoms with Crippen molar-refractivity contribution in [2.75, 3.05) is 17.3 Å². The van der Waals surface area contributed by atoms with Gasteiger partial charge in [-0.05, 0) is 75.0 Å². The summed E-state index contributed by atoms with van der Waals surface area (Å²) < 4.78 is 7.76. The Hall–Kier alpha value is -3.39. The minimum Gasteiger partial charge on any atom is -0.495 e. The third-order valence-corrected chi connectivity index (χ3v) is 6.43. The summed E-state index contributed by atoms with van der Waals surface area (Å²) in [5.74, 6) is 0.427. The van der Waals surface area contributed by atoms with Crippen molar-refractivity contribution in [2.45, 2.75) is 46.3 Å². The van der Waals surface area contributed by atoms with E-state index in [0.29, 0.717) is 16.5 Å². The largest absolute Gasteiger partial charge is 0.495 e. The minimum atomic E-state index is -0.165. The van der Waals surface area contributed by atoms with Crippen molar-refractivity contribution in [2.24, 2.45) is 0 Å². The maximum atomic E-state index is 11.8. The minimum absolute atomic E-state index is 0.113. The average molecular weight is 464 g/mol. The molecule has 0 bridgehead atoms. The van der Waals surface area contributed by atoms with Crippen LogP contribution in [0.2, 0.25) is 0 Å². The van der Waals surface area contributed by atoms with E-state index in [9.17, 15) is 4.79 Å². The van der Waals surface area contributed by atoms with E-state index in [1.807, 2.05) is 36.4 Å². The second-order valence-corrected chi connectivity index (χ2v) is 8.52. The van der Waals surface area contributed by atoms with E-state index in [1.165, 1.54) is 23.9 Å². The predicted molar refractivity (Wildman–Crippen MR) is 135 cm³/mol. The number of aryl methyl sites for hydroxylation is 1. The van der Waals surface area contributed by atoms with E-state index in [-0.39, 0.29) is 18.0 Å². The lowest BCUT2D eigenvalue weighted by molar-refractivity contribution is -0.114. The van der Waals surface area contributed by atoms with Gasteiger partial charge < -0.3 is 24.8 Å². The predicted octanol–water partition coefficient (Wildman–Crippen LogP) is 4.66. The molecule has 2 unspecified atom stereocenters. The van der Waals surface area contributed by atoms with Gasteiger partial charge in [0.1, 0.15) is 5.75 Å². The summed E-state index contributed by atoms with van der Waals surface area (Å²) in [6, 6.07) is 13.6. The van der Waals surface area contributed by atoms with Crippen LogP contribution >= 0.6 is 12.2 Å². The molecule has 0 saturated carbocycles. The summed E-state index contributed by atoms with van der Waals surface area (Å²) in [6.07, 6.45) is 1.80. The van der Waals surface area contributed by atoms with Gasteiger partial charge in [0, 0.05) is 36.7 Å². The molecule has 4 rings (SSSR count). The third kappa shape index (κ3) is 4.18. The topological polar surface area (TPSA) is 71.4 Å². The van der Waals surface area contributed by atoms with Crippen LogP contribution in [0.4, 0.5) is 11.4 Å². The molecule has 1 aromatic carbocycles. The van der Waals surface area contributed by atoms with Crippen LogP contribution in [0.5, 0.6) is 5.75 Å². The van der Waals surface area contributed by atoms with Crippen molar-refractivity contribution in [3.8, 4) is 5.75 Å². The molecule has 8 heteroatoms. The first-order valence-electron chi connectivity index (χ1n) is 11.0. The molecule has 33 heavy (non-hydrogen) atoms. The molecule has 1 aliphatic heterocycles. The Balaban J connectivity index is 1.88. The number of nitrogens with one attached hydrogen (secondary N) is 2. The highest BCUT2D eigenvalue weighted by atomic mass is 32.1. The van der Waals surface area contributed by atoms with Crippen LogP contribution in [0.25, 0.3) is 0 Å². The molecule has 2 atom stereocenters. The SMILES string of the molecule is CCn1c(C)cc(C2C(c3ccccn3)NC(=S)N2c2ccc(OC)c(NC(C)=O)c2)c1C. The van der Waals surface area contributed by atoms with Gasteiger partial charge in [0.2, 0.25) is 5.91 Å². The Labute approximate surface area is 199 Å². The summed E-state index contributed by atoms with van der Waals surface area (Å²) in [4.78, 5) is 18.5. The van der Waals surface area contributed by atoms with E-state index in [4.69, 9.17) is 17.0 Å². The van der Waals surface area contributed by atoms with Gasteiger partial charge >= 0.3 is 0 Å². The highest BCUT2D eigenvalue weighted by Gasteiger charge is 2.42. The first-order chi connectivity index (χ1) is 15.8. The van der Waals surface area contributed by atoms with Crippen LogP contribution in [0.1, 0.15) is 48.6 Å². The van der Waals surface area contributed by atoms with Crippen LogP contribution < -0.4 is 20.3 Å². The summed E-state index contributed by atoms with van der Waals surface area (Å²) in [7, 11) is 1.59. The Kier molecular flexibility index (Phi) is 6.37. The maximum Gasteiger partial charge on any atom is 0.221 e. The molecule has 0 radical (unpaired) electrons. The Bertz CT molecular complexity index is 1190. The highest BCUT2D eigenvalue weighted by molar-refractivity contribution is 7.80. The normalized spacial score (nSPS) is 17.7. The number of methoxy groups -OCH3 is 1. The van der Waals surface area contributed by atoms with Crippen molar-refractivity contribution < 1.29 is 9.53 Å². The molecular formula is C25H29N5O2S. The van der Waals surface area contributed by atoms with Crippen molar-refractivity contribution in [3.05, 3.63) is 71.3 Å². The van der Waals surface area contributed by atoms with Crippen molar-refractivity contribution in [1.29, 1.82) is 0 Å². The number of rotatable bonds is 6. The summed E-state index contributed by atoms with van der Waals surface area (Å²) in [5, 5.41) is 6.97. The molecule has 3 heterocycles.